The summed E-state index contributed by atoms with van der Waals surface area (Å²) in [5.41, 5.74) is 0. The largest absolute Gasteiger partial charge is 0.312 e. The molecule has 0 heterocycles. The van der Waals surface area contributed by atoms with E-state index in [1.807, 2.05) is 6.92 Å². The fourth-order valence-electron chi connectivity index (χ4n) is 2.03. The summed E-state index contributed by atoms with van der Waals surface area (Å²) in [6, 6.07) is 2.90. The molecule has 0 aromatic heterocycles. The van der Waals surface area contributed by atoms with Gasteiger partial charge in [-0.25, -0.2) is 0 Å². The average molecular weight is 180 g/mol. The van der Waals surface area contributed by atoms with Crippen molar-refractivity contribution < 1.29 is 0 Å². The van der Waals surface area contributed by atoms with E-state index in [0.717, 1.165) is 18.4 Å². The van der Waals surface area contributed by atoms with Crippen LogP contribution in [-0.4, -0.2) is 12.6 Å². The molecule has 0 amide bonds. The quantitative estimate of drug-likeness (QED) is 0.722. The molecule has 1 N–H and O–H groups in total. The molecule has 0 aliphatic heterocycles. The van der Waals surface area contributed by atoms with Crippen LogP contribution in [0.1, 0.15) is 33.6 Å². The lowest BCUT2D eigenvalue weighted by molar-refractivity contribution is 0.363. The van der Waals surface area contributed by atoms with Crippen LogP contribution in [0.5, 0.6) is 0 Å². The van der Waals surface area contributed by atoms with Crippen molar-refractivity contribution in [2.45, 2.75) is 39.7 Å². The maximum Gasteiger partial charge on any atom is 0.0666 e. The van der Waals surface area contributed by atoms with Gasteiger partial charge in [-0.2, -0.15) is 5.26 Å². The van der Waals surface area contributed by atoms with E-state index in [1.165, 1.54) is 12.8 Å². The van der Waals surface area contributed by atoms with E-state index < -0.39 is 0 Å². The van der Waals surface area contributed by atoms with E-state index in [2.05, 4.69) is 25.2 Å². The van der Waals surface area contributed by atoms with Gasteiger partial charge in [-0.3, -0.25) is 0 Å². The maximum atomic E-state index is 8.64. The molecule has 13 heavy (non-hydrogen) atoms. The lowest BCUT2D eigenvalue weighted by atomic mass is 9.97. The second-order valence-corrected chi connectivity index (χ2v) is 4.46. The van der Waals surface area contributed by atoms with Crippen molar-refractivity contribution in [1.29, 1.82) is 5.26 Å². The molecule has 0 aromatic carbocycles. The monoisotopic (exact) mass is 180 g/mol. The number of hydrogen-bond donors (Lipinski definition) is 1. The molecule has 1 aliphatic carbocycles. The topological polar surface area (TPSA) is 35.8 Å². The highest BCUT2D eigenvalue weighted by Gasteiger charge is 2.29. The van der Waals surface area contributed by atoms with Crippen LogP contribution in [-0.2, 0) is 0 Å². The summed E-state index contributed by atoms with van der Waals surface area (Å²) in [5, 5.41) is 12.1. The molecule has 74 valence electrons. The summed E-state index contributed by atoms with van der Waals surface area (Å²) >= 11 is 0. The predicted molar refractivity (Wildman–Crippen MR) is 54.1 cm³/mol. The normalized spacial score (nSPS) is 35.7. The van der Waals surface area contributed by atoms with Crippen LogP contribution in [0.15, 0.2) is 0 Å². The van der Waals surface area contributed by atoms with Gasteiger partial charge in [-0.1, -0.05) is 13.8 Å². The molecular formula is C11H20N2. The molecule has 1 saturated carbocycles. The van der Waals surface area contributed by atoms with Crippen LogP contribution < -0.4 is 5.32 Å². The lowest BCUT2D eigenvalue weighted by Gasteiger charge is -2.20. The Labute approximate surface area is 81.3 Å². The van der Waals surface area contributed by atoms with Crippen molar-refractivity contribution >= 4 is 0 Å². The summed E-state index contributed by atoms with van der Waals surface area (Å²) in [7, 11) is 0. The van der Waals surface area contributed by atoms with Gasteiger partial charge in [-0.05, 0) is 31.6 Å². The lowest BCUT2D eigenvalue weighted by Crippen LogP contribution is -2.35. The number of hydrogen-bond acceptors (Lipinski definition) is 2. The Morgan fingerprint density at radius 3 is 2.62 bits per heavy atom. The van der Waals surface area contributed by atoms with Crippen molar-refractivity contribution in [3.63, 3.8) is 0 Å². The second-order valence-electron chi connectivity index (χ2n) is 4.46. The number of nitrogens with zero attached hydrogens (tertiary/aromatic N) is 1. The van der Waals surface area contributed by atoms with Crippen LogP contribution in [0.25, 0.3) is 0 Å². The first kappa shape index (κ1) is 10.5. The predicted octanol–water partition coefficient (Wildman–Crippen LogP) is 2.17. The highest BCUT2D eigenvalue weighted by molar-refractivity contribution is 4.87. The van der Waals surface area contributed by atoms with Gasteiger partial charge in [0, 0.05) is 12.6 Å². The third-order valence-corrected chi connectivity index (χ3v) is 3.37. The van der Waals surface area contributed by atoms with E-state index in [0.29, 0.717) is 6.04 Å². The number of nitrogens with one attached hydrogen (secondary N) is 1. The zero-order valence-corrected chi connectivity index (χ0v) is 8.88. The average Bonchev–Trinajstić information content (AvgIpc) is 2.44. The van der Waals surface area contributed by atoms with Gasteiger partial charge < -0.3 is 5.32 Å². The summed E-state index contributed by atoms with van der Waals surface area (Å²) < 4.78 is 0. The van der Waals surface area contributed by atoms with Gasteiger partial charge in [0.25, 0.3) is 0 Å². The molecule has 1 fully saturated rings. The molecule has 2 heteroatoms. The van der Waals surface area contributed by atoms with Crippen LogP contribution in [0.2, 0.25) is 0 Å². The van der Waals surface area contributed by atoms with Gasteiger partial charge in [0.1, 0.15) is 0 Å². The molecule has 4 unspecified atom stereocenters. The Kier molecular flexibility index (Phi) is 3.74. The molecule has 1 rings (SSSR count). The molecule has 1 aliphatic rings. The van der Waals surface area contributed by atoms with Crippen molar-refractivity contribution in [1.82, 2.24) is 5.32 Å². The fraction of sp³-hybridized carbons (Fsp3) is 0.909. The third-order valence-electron chi connectivity index (χ3n) is 3.37. The van der Waals surface area contributed by atoms with E-state index in [9.17, 15) is 0 Å². The highest BCUT2D eigenvalue weighted by Crippen LogP contribution is 2.30. The van der Waals surface area contributed by atoms with Crippen LogP contribution in [0.4, 0.5) is 0 Å². The zero-order valence-electron chi connectivity index (χ0n) is 8.88. The van der Waals surface area contributed by atoms with Crippen LogP contribution >= 0.6 is 0 Å². The van der Waals surface area contributed by atoms with E-state index in [4.69, 9.17) is 5.26 Å². The summed E-state index contributed by atoms with van der Waals surface area (Å²) in [5.74, 6) is 1.75. The SMILES string of the molecule is CC(C#N)CNC1CCC(C)C1C. The Bertz CT molecular complexity index is 195. The molecule has 0 spiro atoms. The number of nitriles is 1. The Balaban J connectivity index is 2.27. The standard InChI is InChI=1S/C11H20N2/c1-8(6-12)7-13-11-5-4-9(2)10(11)3/h8-11,13H,4-5,7H2,1-3H3. The summed E-state index contributed by atoms with van der Waals surface area (Å²) in [6.07, 6.45) is 2.61. The molecule has 0 radical (unpaired) electrons. The van der Waals surface area contributed by atoms with E-state index in [1.54, 1.807) is 0 Å². The second kappa shape index (κ2) is 4.62. The van der Waals surface area contributed by atoms with Crippen molar-refractivity contribution in [3.05, 3.63) is 0 Å². The van der Waals surface area contributed by atoms with Gasteiger partial charge in [0.2, 0.25) is 0 Å². The number of rotatable bonds is 3. The van der Waals surface area contributed by atoms with Crippen molar-refractivity contribution in [3.8, 4) is 6.07 Å². The van der Waals surface area contributed by atoms with Gasteiger partial charge in [0.15, 0.2) is 0 Å². The summed E-state index contributed by atoms with van der Waals surface area (Å²) in [6.45, 7) is 7.45. The van der Waals surface area contributed by atoms with E-state index in [-0.39, 0.29) is 5.92 Å². The minimum absolute atomic E-state index is 0.142. The van der Waals surface area contributed by atoms with Crippen LogP contribution in [0, 0.1) is 29.1 Å². The zero-order chi connectivity index (χ0) is 9.84. The molecule has 0 bridgehead atoms. The summed E-state index contributed by atoms with van der Waals surface area (Å²) in [4.78, 5) is 0. The van der Waals surface area contributed by atoms with Gasteiger partial charge >= 0.3 is 0 Å². The Morgan fingerprint density at radius 1 is 1.46 bits per heavy atom. The Hall–Kier alpha value is -0.550. The Morgan fingerprint density at radius 2 is 2.15 bits per heavy atom. The minimum Gasteiger partial charge on any atom is -0.312 e. The third kappa shape index (κ3) is 2.70. The smallest absolute Gasteiger partial charge is 0.0666 e. The molecule has 0 aromatic rings. The van der Waals surface area contributed by atoms with E-state index >= 15 is 0 Å². The first-order chi connectivity index (χ1) is 6.15. The van der Waals surface area contributed by atoms with Crippen molar-refractivity contribution in [2.75, 3.05) is 6.54 Å². The first-order valence-corrected chi connectivity index (χ1v) is 5.28. The maximum absolute atomic E-state index is 8.64. The van der Waals surface area contributed by atoms with Gasteiger partial charge in [0.05, 0.1) is 12.0 Å². The fourth-order valence-corrected chi connectivity index (χ4v) is 2.03. The minimum atomic E-state index is 0.142. The van der Waals surface area contributed by atoms with Crippen molar-refractivity contribution in [2.24, 2.45) is 17.8 Å². The van der Waals surface area contributed by atoms with Crippen LogP contribution in [0.3, 0.4) is 0 Å². The highest BCUT2D eigenvalue weighted by atomic mass is 14.9. The molecule has 4 atom stereocenters. The first-order valence-electron chi connectivity index (χ1n) is 5.28. The van der Waals surface area contributed by atoms with Gasteiger partial charge in [-0.15, -0.1) is 0 Å². The molecule has 2 nitrogen and oxygen atoms in total. The molecular weight excluding hydrogens is 160 g/mol. The molecule has 0 saturated heterocycles.